The molecule has 8 heteroatoms. The summed E-state index contributed by atoms with van der Waals surface area (Å²) in [5.74, 6) is -1.11. The molecule has 0 unspecified atom stereocenters. The topological polar surface area (TPSA) is 72.9 Å². The molecule has 3 aromatic rings. The Morgan fingerprint density at radius 1 is 0.974 bits per heavy atom. The summed E-state index contributed by atoms with van der Waals surface area (Å²) in [7, 11) is 0. The zero-order chi connectivity index (χ0) is 28.2. The van der Waals surface area contributed by atoms with Crippen molar-refractivity contribution in [3.8, 4) is 11.5 Å². The molecule has 1 aliphatic rings. The van der Waals surface area contributed by atoms with Crippen LogP contribution in [0.25, 0.3) is 0 Å². The van der Waals surface area contributed by atoms with Gasteiger partial charge in [-0.25, -0.2) is 4.39 Å². The summed E-state index contributed by atoms with van der Waals surface area (Å²) in [5, 5.41) is 0. The largest absolute Gasteiger partial charge is 0.457 e. The number of anilines is 1. The lowest BCUT2D eigenvalue weighted by Crippen LogP contribution is -2.32. The molecule has 2 atom stereocenters. The van der Waals surface area contributed by atoms with E-state index in [1.807, 2.05) is 24.3 Å². The van der Waals surface area contributed by atoms with Crippen molar-refractivity contribution >= 4 is 34.9 Å². The number of halogens is 2. The lowest BCUT2D eigenvalue weighted by atomic mass is 9.87. The van der Waals surface area contributed by atoms with Gasteiger partial charge in [0.15, 0.2) is 6.10 Å². The van der Waals surface area contributed by atoms with Crippen molar-refractivity contribution in [1.82, 2.24) is 0 Å². The molecule has 1 heterocycles. The summed E-state index contributed by atoms with van der Waals surface area (Å²) in [5.41, 5.74) is 2.11. The average Bonchev–Trinajstić information content (AvgIpc) is 3.30. The van der Waals surface area contributed by atoms with E-state index in [1.54, 1.807) is 24.3 Å². The predicted octanol–water partition coefficient (Wildman–Crippen LogP) is 6.69. The monoisotopic (exact) mass is 551 g/mol. The van der Waals surface area contributed by atoms with Crippen molar-refractivity contribution in [1.29, 1.82) is 0 Å². The van der Waals surface area contributed by atoms with Crippen LogP contribution in [0.4, 0.5) is 10.1 Å². The summed E-state index contributed by atoms with van der Waals surface area (Å²) < 4.78 is 24.7. The van der Waals surface area contributed by atoms with Crippen molar-refractivity contribution in [3.63, 3.8) is 0 Å². The van der Waals surface area contributed by atoms with Crippen molar-refractivity contribution < 1.29 is 28.2 Å². The molecule has 0 aromatic heterocycles. The number of alkyl halides is 1. The quantitative estimate of drug-likeness (QED) is 0.168. The smallest absolute Gasteiger partial charge is 0.312 e. The fourth-order valence-electron chi connectivity index (χ4n) is 4.35. The summed E-state index contributed by atoms with van der Waals surface area (Å²) in [6, 6.07) is 20.0. The Hall–Kier alpha value is -3.71. The number of ketones is 1. The Morgan fingerprint density at radius 2 is 1.56 bits per heavy atom. The van der Waals surface area contributed by atoms with Crippen LogP contribution in [0.5, 0.6) is 11.5 Å². The van der Waals surface area contributed by atoms with Gasteiger partial charge in [-0.15, -0.1) is 11.6 Å². The molecule has 0 aliphatic carbocycles. The van der Waals surface area contributed by atoms with Crippen LogP contribution < -0.4 is 9.64 Å². The van der Waals surface area contributed by atoms with Crippen LogP contribution in [0.1, 0.15) is 49.5 Å². The molecule has 204 valence electrons. The number of hydrogen-bond donors (Lipinski definition) is 0. The van der Waals surface area contributed by atoms with Gasteiger partial charge in [-0.2, -0.15) is 0 Å². The van der Waals surface area contributed by atoms with Gasteiger partial charge in [0.1, 0.15) is 17.3 Å². The molecular weight excluding hydrogens is 521 g/mol. The van der Waals surface area contributed by atoms with Gasteiger partial charge in [0, 0.05) is 36.5 Å². The molecule has 0 N–H and O–H groups in total. The second kappa shape index (κ2) is 12.0. The normalized spacial score (nSPS) is 16.2. The van der Waals surface area contributed by atoms with Crippen molar-refractivity contribution in [2.75, 3.05) is 17.3 Å². The van der Waals surface area contributed by atoms with Crippen LogP contribution in [-0.4, -0.2) is 36.2 Å². The molecule has 39 heavy (non-hydrogen) atoms. The van der Waals surface area contributed by atoms with E-state index in [0.717, 1.165) is 0 Å². The zero-order valence-electron chi connectivity index (χ0n) is 22.2. The first-order valence-electron chi connectivity index (χ1n) is 12.8. The standard InChI is InChI=1S/C31H31ClFNO5/c1-31(2,3)22-6-12-25(13-7-22)38-26-14-10-24(11-15-26)34-19-21(18-28(34)35)30(37)39-27(16-17-32)29(36)20-4-8-23(33)9-5-20/h4-15,21,27H,16-19H2,1-3H3/t21-,27-/m0/s1. The first kappa shape index (κ1) is 28.3. The molecular formula is C31H31ClFNO5. The van der Waals surface area contributed by atoms with Gasteiger partial charge in [-0.1, -0.05) is 32.9 Å². The van der Waals surface area contributed by atoms with Gasteiger partial charge < -0.3 is 14.4 Å². The third-order valence-corrected chi connectivity index (χ3v) is 6.83. The number of rotatable bonds is 9. The van der Waals surface area contributed by atoms with Gasteiger partial charge in [-0.05, 0) is 71.6 Å². The third kappa shape index (κ3) is 7.03. The Labute approximate surface area is 232 Å². The van der Waals surface area contributed by atoms with Gasteiger partial charge in [0.05, 0.1) is 5.92 Å². The lowest BCUT2D eigenvalue weighted by Gasteiger charge is -2.20. The van der Waals surface area contributed by atoms with Crippen LogP contribution in [0.15, 0.2) is 72.8 Å². The number of esters is 1. The first-order valence-corrected chi connectivity index (χ1v) is 13.3. The number of Topliss-reactive ketones (excluding diaryl/α,β-unsaturated/α-hetero) is 1. The van der Waals surface area contributed by atoms with E-state index in [1.165, 1.54) is 34.7 Å². The minimum Gasteiger partial charge on any atom is -0.457 e. The number of hydrogen-bond acceptors (Lipinski definition) is 5. The molecule has 0 radical (unpaired) electrons. The predicted molar refractivity (Wildman–Crippen MR) is 148 cm³/mol. The van der Waals surface area contributed by atoms with E-state index in [2.05, 4.69) is 20.8 Å². The lowest BCUT2D eigenvalue weighted by molar-refractivity contribution is -0.151. The summed E-state index contributed by atoms with van der Waals surface area (Å²) in [6.45, 7) is 6.58. The average molecular weight is 552 g/mol. The highest BCUT2D eigenvalue weighted by Crippen LogP contribution is 2.31. The molecule has 0 saturated carbocycles. The highest BCUT2D eigenvalue weighted by Gasteiger charge is 2.38. The van der Waals surface area contributed by atoms with Gasteiger partial charge in [0.25, 0.3) is 0 Å². The number of carbonyl (C=O) groups is 3. The van der Waals surface area contributed by atoms with Crippen LogP contribution in [0, 0.1) is 11.7 Å². The molecule has 6 nitrogen and oxygen atoms in total. The molecule has 1 aliphatic heterocycles. The number of nitrogens with zero attached hydrogens (tertiary/aromatic N) is 1. The molecule has 3 aromatic carbocycles. The summed E-state index contributed by atoms with van der Waals surface area (Å²) in [4.78, 5) is 40.0. The van der Waals surface area contributed by atoms with E-state index < -0.39 is 29.6 Å². The van der Waals surface area contributed by atoms with E-state index >= 15 is 0 Å². The molecule has 0 bridgehead atoms. The Morgan fingerprint density at radius 3 is 2.13 bits per heavy atom. The Balaban J connectivity index is 1.37. The minimum atomic E-state index is -1.11. The molecule has 1 saturated heterocycles. The molecule has 1 amide bonds. The highest BCUT2D eigenvalue weighted by atomic mass is 35.5. The van der Waals surface area contributed by atoms with Gasteiger partial charge in [0.2, 0.25) is 11.7 Å². The number of carbonyl (C=O) groups excluding carboxylic acids is 3. The second-order valence-electron chi connectivity index (χ2n) is 10.6. The Bertz CT molecular complexity index is 1320. The highest BCUT2D eigenvalue weighted by molar-refractivity contribution is 6.18. The first-order chi connectivity index (χ1) is 18.5. The third-order valence-electron chi connectivity index (χ3n) is 6.61. The zero-order valence-corrected chi connectivity index (χ0v) is 22.9. The maximum Gasteiger partial charge on any atom is 0.312 e. The van der Waals surface area contributed by atoms with Crippen molar-refractivity contribution in [2.45, 2.75) is 45.1 Å². The Kier molecular flexibility index (Phi) is 8.70. The molecule has 4 rings (SSSR count). The van der Waals surface area contributed by atoms with Gasteiger partial charge >= 0.3 is 5.97 Å². The fraction of sp³-hybridized carbons (Fsp3) is 0.323. The van der Waals surface area contributed by atoms with E-state index in [-0.39, 0.29) is 42.2 Å². The van der Waals surface area contributed by atoms with Crippen molar-refractivity contribution in [3.05, 3.63) is 89.7 Å². The van der Waals surface area contributed by atoms with Crippen LogP contribution in [0.2, 0.25) is 0 Å². The van der Waals surface area contributed by atoms with E-state index in [0.29, 0.717) is 17.2 Å². The number of benzene rings is 3. The number of ether oxygens (including phenoxy) is 2. The van der Waals surface area contributed by atoms with Crippen molar-refractivity contribution in [2.24, 2.45) is 5.92 Å². The summed E-state index contributed by atoms with van der Waals surface area (Å²) >= 11 is 5.84. The summed E-state index contributed by atoms with van der Waals surface area (Å²) in [6.07, 6.45) is -1.04. The van der Waals surface area contributed by atoms with E-state index in [9.17, 15) is 18.8 Å². The van der Waals surface area contributed by atoms with E-state index in [4.69, 9.17) is 21.1 Å². The fourth-order valence-corrected chi connectivity index (χ4v) is 4.55. The minimum absolute atomic E-state index is 0.0322. The molecule has 0 spiro atoms. The number of amides is 1. The second-order valence-corrected chi connectivity index (χ2v) is 10.9. The maximum atomic E-state index is 13.2. The maximum absolute atomic E-state index is 13.2. The van der Waals surface area contributed by atoms with Crippen LogP contribution >= 0.6 is 11.6 Å². The molecule has 1 fully saturated rings. The van der Waals surface area contributed by atoms with Crippen LogP contribution in [-0.2, 0) is 19.7 Å². The van der Waals surface area contributed by atoms with Crippen LogP contribution in [0.3, 0.4) is 0 Å². The SMILES string of the molecule is CC(C)(C)c1ccc(Oc2ccc(N3C[C@@H](C(=O)O[C@@H](CCCl)C(=O)c4ccc(F)cc4)CC3=O)cc2)cc1. The van der Waals surface area contributed by atoms with Gasteiger partial charge in [-0.3, -0.25) is 14.4 Å².